The van der Waals surface area contributed by atoms with Crippen molar-refractivity contribution in [1.29, 1.82) is 0 Å². The predicted molar refractivity (Wildman–Crippen MR) is 79.8 cm³/mol. The van der Waals surface area contributed by atoms with Gasteiger partial charge in [-0.25, -0.2) is 0 Å². The highest BCUT2D eigenvalue weighted by atomic mass is 32.1. The molecule has 104 valence electrons. The molecule has 5 heteroatoms. The topological polar surface area (TPSA) is 58.2 Å². The van der Waals surface area contributed by atoms with E-state index in [4.69, 9.17) is 0 Å². The van der Waals surface area contributed by atoms with Crippen molar-refractivity contribution in [3.05, 3.63) is 57.8 Å². The van der Waals surface area contributed by atoms with E-state index < -0.39 is 0 Å². The maximum atomic E-state index is 12.1. The Balaban J connectivity index is 1.99. The van der Waals surface area contributed by atoms with Crippen LogP contribution < -0.4 is 10.9 Å². The van der Waals surface area contributed by atoms with Gasteiger partial charge in [-0.15, -0.1) is 11.3 Å². The Morgan fingerprint density at radius 2 is 1.65 bits per heavy atom. The molecule has 0 spiro atoms. The zero-order chi connectivity index (χ0) is 14.5. The third-order valence-corrected chi connectivity index (χ3v) is 3.78. The highest BCUT2D eigenvalue weighted by molar-refractivity contribution is 7.12. The molecule has 0 bridgehead atoms. The molecule has 0 unspecified atom stereocenters. The SMILES string of the molecule is CC(C)c1ccsc1C(=O)NNC(=O)c1ccccc1. The summed E-state index contributed by atoms with van der Waals surface area (Å²) < 4.78 is 0. The molecule has 0 aliphatic carbocycles. The number of thiophene rings is 1. The van der Waals surface area contributed by atoms with Crippen LogP contribution in [-0.2, 0) is 0 Å². The lowest BCUT2D eigenvalue weighted by molar-refractivity contribution is 0.0848. The van der Waals surface area contributed by atoms with Crippen LogP contribution in [-0.4, -0.2) is 11.8 Å². The third-order valence-electron chi connectivity index (χ3n) is 2.85. The molecule has 2 amide bonds. The van der Waals surface area contributed by atoms with E-state index in [-0.39, 0.29) is 17.7 Å². The number of hydrogen-bond acceptors (Lipinski definition) is 3. The van der Waals surface area contributed by atoms with Gasteiger partial charge in [0.05, 0.1) is 4.88 Å². The van der Waals surface area contributed by atoms with Gasteiger partial charge in [-0.05, 0) is 35.1 Å². The van der Waals surface area contributed by atoms with Crippen LogP contribution in [0.15, 0.2) is 41.8 Å². The second-order valence-corrected chi connectivity index (χ2v) is 5.55. The van der Waals surface area contributed by atoms with E-state index in [9.17, 15) is 9.59 Å². The average Bonchev–Trinajstić information content (AvgIpc) is 2.95. The van der Waals surface area contributed by atoms with E-state index in [0.717, 1.165) is 5.56 Å². The first-order valence-corrected chi connectivity index (χ1v) is 7.20. The van der Waals surface area contributed by atoms with Crippen LogP contribution in [0.5, 0.6) is 0 Å². The summed E-state index contributed by atoms with van der Waals surface area (Å²) in [6.07, 6.45) is 0. The summed E-state index contributed by atoms with van der Waals surface area (Å²) in [5.74, 6) is -0.346. The van der Waals surface area contributed by atoms with Crippen molar-refractivity contribution >= 4 is 23.2 Å². The fourth-order valence-corrected chi connectivity index (χ4v) is 2.74. The van der Waals surface area contributed by atoms with E-state index in [1.807, 2.05) is 31.4 Å². The lowest BCUT2D eigenvalue weighted by Gasteiger charge is -2.09. The van der Waals surface area contributed by atoms with E-state index >= 15 is 0 Å². The first kappa shape index (κ1) is 14.3. The molecule has 0 fully saturated rings. The molecular formula is C15H16N2O2S. The minimum Gasteiger partial charge on any atom is -0.267 e. The molecule has 2 rings (SSSR count). The standard InChI is InChI=1S/C15H16N2O2S/c1-10(2)12-8-9-20-13(12)15(19)17-16-14(18)11-6-4-3-5-7-11/h3-10H,1-2H3,(H,16,18)(H,17,19). The zero-order valence-electron chi connectivity index (χ0n) is 11.3. The number of hydrazine groups is 1. The largest absolute Gasteiger partial charge is 0.280 e. The van der Waals surface area contributed by atoms with E-state index in [0.29, 0.717) is 10.4 Å². The van der Waals surface area contributed by atoms with Crippen molar-refractivity contribution in [3.8, 4) is 0 Å². The van der Waals surface area contributed by atoms with Crippen molar-refractivity contribution in [2.24, 2.45) is 0 Å². The number of hydrogen-bond donors (Lipinski definition) is 2. The van der Waals surface area contributed by atoms with Gasteiger partial charge in [0, 0.05) is 5.56 Å². The fraction of sp³-hybridized carbons (Fsp3) is 0.200. The molecule has 1 aromatic carbocycles. The van der Waals surface area contributed by atoms with Crippen LogP contribution in [0.25, 0.3) is 0 Å². The van der Waals surface area contributed by atoms with Gasteiger partial charge in [0.2, 0.25) is 0 Å². The second-order valence-electron chi connectivity index (χ2n) is 4.63. The van der Waals surface area contributed by atoms with Crippen molar-refractivity contribution in [3.63, 3.8) is 0 Å². The predicted octanol–water partition coefficient (Wildman–Crippen LogP) is 2.95. The Morgan fingerprint density at radius 3 is 2.30 bits per heavy atom. The minimum absolute atomic E-state index is 0.270. The van der Waals surface area contributed by atoms with Crippen molar-refractivity contribution < 1.29 is 9.59 Å². The van der Waals surface area contributed by atoms with Gasteiger partial charge in [0.1, 0.15) is 0 Å². The highest BCUT2D eigenvalue weighted by Crippen LogP contribution is 2.24. The van der Waals surface area contributed by atoms with Gasteiger partial charge in [-0.1, -0.05) is 32.0 Å². The van der Waals surface area contributed by atoms with Crippen molar-refractivity contribution in [2.45, 2.75) is 19.8 Å². The summed E-state index contributed by atoms with van der Waals surface area (Å²) in [5.41, 5.74) is 6.36. The Morgan fingerprint density at radius 1 is 1.00 bits per heavy atom. The molecular weight excluding hydrogens is 272 g/mol. The number of nitrogens with one attached hydrogen (secondary N) is 2. The molecule has 4 nitrogen and oxygen atoms in total. The Hall–Kier alpha value is -2.14. The summed E-state index contributed by atoms with van der Waals surface area (Å²) in [7, 11) is 0. The molecule has 0 saturated carbocycles. The monoisotopic (exact) mass is 288 g/mol. The van der Waals surface area contributed by atoms with Crippen LogP contribution >= 0.6 is 11.3 Å². The summed E-state index contributed by atoms with van der Waals surface area (Å²) in [6, 6.07) is 10.7. The molecule has 0 radical (unpaired) electrons. The first-order valence-electron chi connectivity index (χ1n) is 6.32. The number of amides is 2. The van der Waals surface area contributed by atoms with Gasteiger partial charge < -0.3 is 0 Å². The van der Waals surface area contributed by atoms with E-state index in [1.54, 1.807) is 24.3 Å². The van der Waals surface area contributed by atoms with E-state index in [1.165, 1.54) is 11.3 Å². The van der Waals surface area contributed by atoms with Crippen molar-refractivity contribution in [2.75, 3.05) is 0 Å². The number of rotatable bonds is 3. The van der Waals surface area contributed by atoms with E-state index in [2.05, 4.69) is 10.9 Å². The van der Waals surface area contributed by atoms with Crippen LogP contribution in [0.3, 0.4) is 0 Å². The molecule has 2 aromatic rings. The molecule has 0 aliphatic heterocycles. The molecule has 1 heterocycles. The number of carbonyl (C=O) groups excluding carboxylic acids is 2. The van der Waals surface area contributed by atoms with Crippen molar-refractivity contribution in [1.82, 2.24) is 10.9 Å². The maximum Gasteiger partial charge on any atom is 0.280 e. The molecule has 2 N–H and O–H groups in total. The van der Waals surface area contributed by atoms with Crippen LogP contribution in [0.2, 0.25) is 0 Å². The Kier molecular flexibility index (Phi) is 4.53. The van der Waals surface area contributed by atoms with Gasteiger partial charge in [-0.2, -0.15) is 0 Å². The number of benzene rings is 1. The molecule has 20 heavy (non-hydrogen) atoms. The van der Waals surface area contributed by atoms with Gasteiger partial charge in [0.25, 0.3) is 11.8 Å². The van der Waals surface area contributed by atoms with Gasteiger partial charge in [0.15, 0.2) is 0 Å². The normalized spacial score (nSPS) is 10.3. The summed E-state index contributed by atoms with van der Waals surface area (Å²) in [5, 5.41) is 1.88. The van der Waals surface area contributed by atoms with Gasteiger partial charge >= 0.3 is 0 Å². The first-order chi connectivity index (χ1) is 9.59. The fourth-order valence-electron chi connectivity index (χ4n) is 1.79. The molecule has 1 aromatic heterocycles. The highest BCUT2D eigenvalue weighted by Gasteiger charge is 2.16. The molecule has 0 saturated heterocycles. The third kappa shape index (κ3) is 3.24. The maximum absolute atomic E-state index is 12.1. The lowest BCUT2D eigenvalue weighted by atomic mass is 10.0. The smallest absolute Gasteiger partial charge is 0.267 e. The Labute approximate surface area is 121 Å². The summed E-state index contributed by atoms with van der Waals surface area (Å²) in [6.45, 7) is 4.06. The Bertz CT molecular complexity index is 605. The zero-order valence-corrected chi connectivity index (χ0v) is 12.2. The van der Waals surface area contributed by atoms with Crippen LogP contribution in [0, 0.1) is 0 Å². The molecule has 0 atom stereocenters. The second kappa shape index (κ2) is 6.34. The minimum atomic E-state index is -0.332. The van der Waals surface area contributed by atoms with Crippen LogP contribution in [0.4, 0.5) is 0 Å². The lowest BCUT2D eigenvalue weighted by Crippen LogP contribution is -2.41. The average molecular weight is 288 g/mol. The number of carbonyl (C=O) groups is 2. The van der Waals surface area contributed by atoms with Crippen LogP contribution in [0.1, 0.15) is 45.4 Å². The van der Waals surface area contributed by atoms with Gasteiger partial charge in [-0.3, -0.25) is 20.4 Å². The summed E-state index contributed by atoms with van der Waals surface area (Å²) in [4.78, 5) is 24.5. The molecule has 0 aliphatic rings. The quantitative estimate of drug-likeness (QED) is 0.853. The summed E-state index contributed by atoms with van der Waals surface area (Å²) >= 11 is 1.37.